The van der Waals surface area contributed by atoms with Gasteiger partial charge >= 0.3 is 0 Å². The van der Waals surface area contributed by atoms with Crippen LogP contribution < -0.4 is 10.1 Å². The first kappa shape index (κ1) is 20.4. The number of benzene rings is 2. The van der Waals surface area contributed by atoms with Crippen molar-refractivity contribution in [2.75, 3.05) is 26.9 Å². The first-order valence-electron chi connectivity index (χ1n) is 10.6. The van der Waals surface area contributed by atoms with E-state index < -0.39 is 0 Å². The summed E-state index contributed by atoms with van der Waals surface area (Å²) in [7, 11) is 1.68. The Bertz CT molecular complexity index is 992. The van der Waals surface area contributed by atoms with Crippen LogP contribution in [0.3, 0.4) is 0 Å². The number of methoxy groups -OCH3 is 1. The zero-order chi connectivity index (χ0) is 20.8. The van der Waals surface area contributed by atoms with E-state index in [1.54, 1.807) is 7.11 Å². The van der Waals surface area contributed by atoms with Gasteiger partial charge in [0.25, 0.3) is 0 Å². The van der Waals surface area contributed by atoms with Gasteiger partial charge in [0.2, 0.25) is 5.91 Å². The van der Waals surface area contributed by atoms with Crippen molar-refractivity contribution in [3.63, 3.8) is 0 Å². The number of fused-ring (bicyclic) bond motifs is 1. The molecule has 1 aromatic heterocycles. The largest absolute Gasteiger partial charge is 0.497 e. The maximum atomic E-state index is 12.1. The molecule has 6 nitrogen and oxygen atoms in total. The van der Waals surface area contributed by atoms with Gasteiger partial charge in [-0.25, -0.2) is 0 Å². The van der Waals surface area contributed by atoms with E-state index in [1.807, 2.05) is 18.2 Å². The second-order valence-electron chi connectivity index (χ2n) is 7.90. The number of aryl methyl sites for hydroxylation is 2. The molecule has 6 heteroatoms. The van der Waals surface area contributed by atoms with Crippen molar-refractivity contribution >= 4 is 16.7 Å². The van der Waals surface area contributed by atoms with Crippen LogP contribution in [0.25, 0.3) is 10.8 Å². The highest BCUT2D eigenvalue weighted by Gasteiger charge is 2.17. The van der Waals surface area contributed by atoms with Crippen molar-refractivity contribution in [2.45, 2.75) is 32.1 Å². The third kappa shape index (κ3) is 5.39. The SMILES string of the molecule is COc1ccc2cc(CCCc3cc(CC(=O)NCC4CCOC4)no3)ccc2c1. The molecule has 1 amide bonds. The van der Waals surface area contributed by atoms with Crippen LogP contribution in [0.5, 0.6) is 5.75 Å². The molecule has 1 aliphatic heterocycles. The van der Waals surface area contributed by atoms with Gasteiger partial charge in [-0.3, -0.25) is 4.79 Å². The second-order valence-corrected chi connectivity index (χ2v) is 7.90. The third-order valence-electron chi connectivity index (χ3n) is 5.56. The van der Waals surface area contributed by atoms with E-state index in [0.29, 0.717) is 18.2 Å². The van der Waals surface area contributed by atoms with Crippen molar-refractivity contribution in [2.24, 2.45) is 5.92 Å². The summed E-state index contributed by atoms with van der Waals surface area (Å²) < 4.78 is 16.0. The molecule has 3 aromatic rings. The number of nitrogens with zero attached hydrogens (tertiary/aromatic N) is 1. The molecule has 0 bridgehead atoms. The Morgan fingerprint density at radius 2 is 2.03 bits per heavy atom. The zero-order valence-electron chi connectivity index (χ0n) is 17.4. The average Bonchev–Trinajstić information content (AvgIpc) is 3.44. The molecule has 0 saturated carbocycles. The van der Waals surface area contributed by atoms with Crippen molar-refractivity contribution < 1.29 is 18.8 Å². The van der Waals surface area contributed by atoms with Crippen LogP contribution in [0.15, 0.2) is 47.0 Å². The molecule has 1 saturated heterocycles. The molecular formula is C24H28N2O4. The fraction of sp³-hybridized carbons (Fsp3) is 0.417. The van der Waals surface area contributed by atoms with E-state index in [-0.39, 0.29) is 12.3 Å². The van der Waals surface area contributed by atoms with Crippen LogP contribution in [0.2, 0.25) is 0 Å². The topological polar surface area (TPSA) is 73.6 Å². The molecule has 0 aliphatic carbocycles. The van der Waals surface area contributed by atoms with Crippen LogP contribution >= 0.6 is 0 Å². The molecule has 158 valence electrons. The number of carbonyl (C=O) groups is 1. The van der Waals surface area contributed by atoms with Crippen LogP contribution in [0.4, 0.5) is 0 Å². The fourth-order valence-electron chi connectivity index (χ4n) is 3.81. The number of hydrogen-bond donors (Lipinski definition) is 1. The minimum atomic E-state index is -0.0189. The molecule has 2 heterocycles. The second kappa shape index (κ2) is 9.76. The van der Waals surface area contributed by atoms with E-state index in [1.165, 1.54) is 16.3 Å². The Morgan fingerprint density at radius 1 is 1.17 bits per heavy atom. The lowest BCUT2D eigenvalue weighted by atomic mass is 10.0. The number of aromatic nitrogens is 1. The number of carbonyl (C=O) groups excluding carboxylic acids is 1. The highest BCUT2D eigenvalue weighted by atomic mass is 16.5. The first-order chi connectivity index (χ1) is 14.7. The minimum absolute atomic E-state index is 0.0189. The predicted molar refractivity (Wildman–Crippen MR) is 115 cm³/mol. The predicted octanol–water partition coefficient (Wildman–Crippen LogP) is 3.71. The Balaban J connectivity index is 1.23. The molecule has 2 aromatic carbocycles. The summed E-state index contributed by atoms with van der Waals surface area (Å²) in [5.74, 6) is 2.11. The van der Waals surface area contributed by atoms with Gasteiger partial charge < -0.3 is 19.3 Å². The summed E-state index contributed by atoms with van der Waals surface area (Å²) in [6.07, 6.45) is 3.99. The normalized spacial score (nSPS) is 16.1. The molecule has 1 aliphatic rings. The third-order valence-corrected chi connectivity index (χ3v) is 5.56. The summed E-state index contributed by atoms with van der Waals surface area (Å²) in [5, 5.41) is 9.40. The summed E-state index contributed by atoms with van der Waals surface area (Å²) in [6, 6.07) is 14.5. The highest BCUT2D eigenvalue weighted by molar-refractivity contribution is 5.84. The monoisotopic (exact) mass is 408 g/mol. The summed E-state index contributed by atoms with van der Waals surface area (Å²) >= 11 is 0. The van der Waals surface area contributed by atoms with Crippen LogP contribution in [0, 0.1) is 5.92 Å². The lowest BCUT2D eigenvalue weighted by molar-refractivity contribution is -0.120. The Hall–Kier alpha value is -2.86. The van der Waals surface area contributed by atoms with E-state index in [2.05, 4.69) is 34.7 Å². The van der Waals surface area contributed by atoms with Gasteiger partial charge in [-0.2, -0.15) is 0 Å². The van der Waals surface area contributed by atoms with E-state index >= 15 is 0 Å². The van der Waals surface area contributed by atoms with Crippen molar-refractivity contribution in [3.05, 3.63) is 59.5 Å². The quantitative estimate of drug-likeness (QED) is 0.584. The molecule has 1 fully saturated rings. The Morgan fingerprint density at radius 3 is 2.87 bits per heavy atom. The van der Waals surface area contributed by atoms with Crippen molar-refractivity contribution in [1.29, 1.82) is 0 Å². The molecule has 1 unspecified atom stereocenters. The molecule has 0 spiro atoms. The Kier molecular flexibility index (Phi) is 6.64. The van der Waals surface area contributed by atoms with Crippen LogP contribution in [-0.2, 0) is 28.8 Å². The lowest BCUT2D eigenvalue weighted by Crippen LogP contribution is -2.30. The summed E-state index contributed by atoms with van der Waals surface area (Å²) in [5.41, 5.74) is 1.98. The first-order valence-corrected chi connectivity index (χ1v) is 10.6. The summed E-state index contributed by atoms with van der Waals surface area (Å²) in [4.78, 5) is 12.1. The highest BCUT2D eigenvalue weighted by Crippen LogP contribution is 2.22. The average molecular weight is 408 g/mol. The van der Waals surface area contributed by atoms with E-state index in [4.69, 9.17) is 14.0 Å². The van der Waals surface area contributed by atoms with Gasteiger partial charge in [0.15, 0.2) is 0 Å². The van der Waals surface area contributed by atoms with Gasteiger partial charge in [0.1, 0.15) is 11.5 Å². The van der Waals surface area contributed by atoms with E-state index in [9.17, 15) is 4.79 Å². The van der Waals surface area contributed by atoms with Gasteiger partial charge in [0.05, 0.1) is 25.8 Å². The van der Waals surface area contributed by atoms with Gasteiger partial charge in [-0.1, -0.05) is 29.4 Å². The molecule has 30 heavy (non-hydrogen) atoms. The van der Waals surface area contributed by atoms with Gasteiger partial charge in [0, 0.05) is 31.6 Å². The number of rotatable bonds is 9. The molecule has 0 radical (unpaired) electrons. The molecule has 1 N–H and O–H groups in total. The van der Waals surface area contributed by atoms with Gasteiger partial charge in [-0.05, 0) is 47.7 Å². The number of hydrogen-bond acceptors (Lipinski definition) is 5. The van der Waals surface area contributed by atoms with Crippen molar-refractivity contribution in [1.82, 2.24) is 10.5 Å². The van der Waals surface area contributed by atoms with Crippen LogP contribution in [-0.4, -0.2) is 37.9 Å². The smallest absolute Gasteiger partial charge is 0.226 e. The fourth-order valence-corrected chi connectivity index (χ4v) is 3.81. The van der Waals surface area contributed by atoms with Crippen LogP contribution in [0.1, 0.15) is 29.9 Å². The maximum Gasteiger partial charge on any atom is 0.226 e. The maximum absolute atomic E-state index is 12.1. The number of nitrogens with one attached hydrogen (secondary N) is 1. The molecule has 4 rings (SSSR count). The van der Waals surface area contributed by atoms with E-state index in [0.717, 1.165) is 50.4 Å². The lowest BCUT2D eigenvalue weighted by Gasteiger charge is -2.08. The number of ether oxygens (including phenoxy) is 2. The molecule has 1 atom stereocenters. The molecular weight excluding hydrogens is 380 g/mol. The standard InChI is InChI=1S/C24H28N2O4/c1-28-22-8-7-19-11-17(5-6-20(19)12-22)3-2-4-23-13-21(26-30-23)14-24(27)25-15-18-9-10-29-16-18/h5-8,11-13,18H,2-4,9-10,14-16H2,1H3,(H,25,27). The van der Waals surface area contributed by atoms with Gasteiger partial charge in [-0.15, -0.1) is 0 Å². The Labute approximate surface area is 176 Å². The van der Waals surface area contributed by atoms with Crippen molar-refractivity contribution in [3.8, 4) is 5.75 Å². The summed E-state index contributed by atoms with van der Waals surface area (Å²) in [6.45, 7) is 2.20. The minimum Gasteiger partial charge on any atom is -0.497 e. The zero-order valence-corrected chi connectivity index (χ0v) is 17.4. The number of amides is 1.